The standard InChI is InChI=1S/C15H16ClNO/c1-2-18-12-9-7-11(8-10-12)15(17)13-5-3-4-6-14(13)16/h3-10,15H,2,17H2,1H3/t15-/m1/s1. The molecule has 3 heteroatoms. The summed E-state index contributed by atoms with van der Waals surface area (Å²) >= 11 is 6.15. The summed E-state index contributed by atoms with van der Waals surface area (Å²) < 4.78 is 5.40. The van der Waals surface area contributed by atoms with Gasteiger partial charge in [-0.1, -0.05) is 41.9 Å². The highest BCUT2D eigenvalue weighted by atomic mass is 35.5. The summed E-state index contributed by atoms with van der Waals surface area (Å²) in [5.74, 6) is 0.854. The number of hydrogen-bond acceptors (Lipinski definition) is 2. The predicted octanol–water partition coefficient (Wildman–Crippen LogP) is 3.79. The van der Waals surface area contributed by atoms with Crippen molar-refractivity contribution in [2.24, 2.45) is 5.73 Å². The molecular formula is C15H16ClNO. The van der Waals surface area contributed by atoms with Crippen molar-refractivity contribution in [3.63, 3.8) is 0 Å². The van der Waals surface area contributed by atoms with Gasteiger partial charge in [0.05, 0.1) is 12.6 Å². The van der Waals surface area contributed by atoms with Crippen LogP contribution in [0, 0.1) is 0 Å². The monoisotopic (exact) mass is 261 g/mol. The van der Waals surface area contributed by atoms with Crippen LogP contribution in [0.25, 0.3) is 0 Å². The van der Waals surface area contributed by atoms with Gasteiger partial charge in [0.1, 0.15) is 5.75 Å². The summed E-state index contributed by atoms with van der Waals surface area (Å²) in [5.41, 5.74) is 8.17. The Morgan fingerprint density at radius 2 is 1.78 bits per heavy atom. The van der Waals surface area contributed by atoms with E-state index in [1.54, 1.807) is 0 Å². The minimum atomic E-state index is -0.214. The summed E-state index contributed by atoms with van der Waals surface area (Å²) in [4.78, 5) is 0. The molecular weight excluding hydrogens is 246 g/mol. The van der Waals surface area contributed by atoms with Crippen molar-refractivity contribution in [3.8, 4) is 5.75 Å². The van der Waals surface area contributed by atoms with E-state index in [2.05, 4.69) is 0 Å². The first-order valence-electron chi connectivity index (χ1n) is 5.95. The summed E-state index contributed by atoms with van der Waals surface area (Å²) in [7, 11) is 0. The molecule has 2 aromatic carbocycles. The van der Waals surface area contributed by atoms with Crippen molar-refractivity contribution in [2.75, 3.05) is 6.61 Å². The molecule has 0 bridgehead atoms. The first kappa shape index (κ1) is 12.9. The molecule has 0 radical (unpaired) electrons. The van der Waals surface area contributed by atoms with Crippen molar-refractivity contribution in [1.29, 1.82) is 0 Å². The lowest BCUT2D eigenvalue weighted by Gasteiger charge is -2.14. The van der Waals surface area contributed by atoms with Crippen molar-refractivity contribution < 1.29 is 4.74 Å². The van der Waals surface area contributed by atoms with E-state index in [0.29, 0.717) is 11.6 Å². The Morgan fingerprint density at radius 1 is 1.11 bits per heavy atom. The number of rotatable bonds is 4. The molecule has 2 nitrogen and oxygen atoms in total. The van der Waals surface area contributed by atoms with Gasteiger partial charge >= 0.3 is 0 Å². The molecule has 0 aliphatic heterocycles. The summed E-state index contributed by atoms with van der Waals surface area (Å²) in [5, 5.41) is 0.693. The minimum Gasteiger partial charge on any atom is -0.494 e. The predicted molar refractivity (Wildman–Crippen MR) is 75.1 cm³/mol. The van der Waals surface area contributed by atoms with Crippen LogP contribution < -0.4 is 10.5 Å². The van der Waals surface area contributed by atoms with Gasteiger partial charge < -0.3 is 10.5 Å². The SMILES string of the molecule is CCOc1ccc([C@@H](N)c2ccccc2Cl)cc1. The zero-order chi connectivity index (χ0) is 13.0. The van der Waals surface area contributed by atoms with Crippen LogP contribution in [0.2, 0.25) is 5.02 Å². The Kier molecular flexibility index (Phi) is 4.24. The smallest absolute Gasteiger partial charge is 0.119 e. The Balaban J connectivity index is 2.23. The highest BCUT2D eigenvalue weighted by Gasteiger charge is 2.11. The zero-order valence-corrected chi connectivity index (χ0v) is 11.0. The van der Waals surface area contributed by atoms with Crippen LogP contribution in [0.3, 0.4) is 0 Å². The highest BCUT2D eigenvalue weighted by Crippen LogP contribution is 2.27. The zero-order valence-electron chi connectivity index (χ0n) is 10.3. The Hall–Kier alpha value is -1.51. The topological polar surface area (TPSA) is 35.2 Å². The van der Waals surface area contributed by atoms with Gasteiger partial charge in [0, 0.05) is 5.02 Å². The minimum absolute atomic E-state index is 0.214. The van der Waals surface area contributed by atoms with Gasteiger partial charge in [0.25, 0.3) is 0 Å². The summed E-state index contributed by atoms with van der Waals surface area (Å²) in [6.07, 6.45) is 0. The van der Waals surface area contributed by atoms with Gasteiger partial charge in [-0.2, -0.15) is 0 Å². The first-order chi connectivity index (χ1) is 8.72. The van der Waals surface area contributed by atoms with E-state index >= 15 is 0 Å². The third-order valence-corrected chi connectivity index (χ3v) is 3.13. The maximum Gasteiger partial charge on any atom is 0.119 e. The van der Waals surface area contributed by atoms with Gasteiger partial charge in [-0.25, -0.2) is 0 Å². The largest absolute Gasteiger partial charge is 0.494 e. The molecule has 0 saturated heterocycles. The van der Waals surface area contributed by atoms with E-state index in [1.807, 2.05) is 55.5 Å². The van der Waals surface area contributed by atoms with Crippen molar-refractivity contribution in [2.45, 2.75) is 13.0 Å². The second-order valence-corrected chi connectivity index (χ2v) is 4.41. The van der Waals surface area contributed by atoms with Crippen LogP contribution in [0.15, 0.2) is 48.5 Å². The maximum absolute atomic E-state index is 6.22. The van der Waals surface area contributed by atoms with Gasteiger partial charge in [-0.15, -0.1) is 0 Å². The molecule has 0 aromatic heterocycles. The molecule has 2 rings (SSSR count). The molecule has 0 unspecified atom stereocenters. The fourth-order valence-corrected chi connectivity index (χ4v) is 2.10. The number of ether oxygens (including phenoxy) is 1. The summed E-state index contributed by atoms with van der Waals surface area (Å²) in [6, 6.07) is 15.2. The summed E-state index contributed by atoms with van der Waals surface area (Å²) in [6.45, 7) is 2.62. The van der Waals surface area contributed by atoms with E-state index in [9.17, 15) is 0 Å². The first-order valence-corrected chi connectivity index (χ1v) is 6.33. The number of nitrogens with two attached hydrogens (primary N) is 1. The van der Waals surface area contributed by atoms with Crippen LogP contribution in [0.1, 0.15) is 24.1 Å². The third kappa shape index (κ3) is 2.84. The normalized spacial score (nSPS) is 12.2. The molecule has 18 heavy (non-hydrogen) atoms. The lowest BCUT2D eigenvalue weighted by atomic mass is 9.99. The molecule has 0 fully saturated rings. The van der Waals surface area contributed by atoms with Gasteiger partial charge in [0.15, 0.2) is 0 Å². The fourth-order valence-electron chi connectivity index (χ4n) is 1.84. The molecule has 1 atom stereocenters. The quantitative estimate of drug-likeness (QED) is 0.909. The van der Waals surface area contributed by atoms with Crippen LogP contribution >= 0.6 is 11.6 Å². The Labute approximate surface area is 112 Å². The van der Waals surface area contributed by atoms with E-state index < -0.39 is 0 Å². The van der Waals surface area contributed by atoms with Crippen LogP contribution in [0.5, 0.6) is 5.75 Å². The van der Waals surface area contributed by atoms with Gasteiger partial charge in [0.2, 0.25) is 0 Å². The number of benzene rings is 2. The van der Waals surface area contributed by atoms with Crippen molar-refractivity contribution >= 4 is 11.6 Å². The lowest BCUT2D eigenvalue weighted by molar-refractivity contribution is 0.340. The average molecular weight is 262 g/mol. The van der Waals surface area contributed by atoms with Crippen LogP contribution in [-0.4, -0.2) is 6.61 Å². The van der Waals surface area contributed by atoms with Crippen molar-refractivity contribution in [3.05, 3.63) is 64.7 Å². The van der Waals surface area contributed by atoms with Crippen LogP contribution in [0.4, 0.5) is 0 Å². The lowest BCUT2D eigenvalue weighted by Crippen LogP contribution is -2.12. The van der Waals surface area contributed by atoms with Crippen molar-refractivity contribution in [1.82, 2.24) is 0 Å². The third-order valence-electron chi connectivity index (χ3n) is 2.79. The van der Waals surface area contributed by atoms with E-state index in [-0.39, 0.29) is 6.04 Å². The molecule has 0 heterocycles. The molecule has 94 valence electrons. The van der Waals surface area contributed by atoms with Gasteiger partial charge in [-0.3, -0.25) is 0 Å². The molecule has 0 aliphatic rings. The fraction of sp³-hybridized carbons (Fsp3) is 0.200. The molecule has 0 spiro atoms. The van der Waals surface area contributed by atoms with E-state index in [4.69, 9.17) is 22.1 Å². The molecule has 0 amide bonds. The second-order valence-electron chi connectivity index (χ2n) is 4.00. The maximum atomic E-state index is 6.22. The second kappa shape index (κ2) is 5.89. The highest BCUT2D eigenvalue weighted by molar-refractivity contribution is 6.31. The Bertz CT molecular complexity index is 510. The molecule has 2 aromatic rings. The van der Waals surface area contributed by atoms with E-state index in [1.165, 1.54) is 0 Å². The average Bonchev–Trinajstić information content (AvgIpc) is 2.40. The molecule has 2 N–H and O–H groups in total. The van der Waals surface area contributed by atoms with Crippen LogP contribution in [-0.2, 0) is 0 Å². The van der Waals surface area contributed by atoms with E-state index in [0.717, 1.165) is 16.9 Å². The number of halogens is 1. The van der Waals surface area contributed by atoms with Gasteiger partial charge in [-0.05, 0) is 36.2 Å². The molecule has 0 saturated carbocycles. The number of hydrogen-bond donors (Lipinski definition) is 1. The molecule has 0 aliphatic carbocycles. The Morgan fingerprint density at radius 3 is 2.39 bits per heavy atom.